The monoisotopic (exact) mass is 543 g/mol. The van der Waals surface area contributed by atoms with E-state index in [9.17, 15) is 9.59 Å². The Morgan fingerprint density at radius 2 is 1.45 bits per heavy atom. The van der Waals surface area contributed by atoms with E-state index in [0.717, 1.165) is 28.2 Å². The summed E-state index contributed by atoms with van der Waals surface area (Å²) in [4.78, 5) is 26.8. The van der Waals surface area contributed by atoms with Crippen LogP contribution in [0.1, 0.15) is 41.3 Å². The second kappa shape index (κ2) is 11.9. The zero-order valence-electron chi connectivity index (χ0n) is 22.5. The zero-order valence-corrected chi connectivity index (χ0v) is 22.5. The highest BCUT2D eigenvalue weighted by Gasteiger charge is 2.39. The third-order valence-corrected chi connectivity index (χ3v) is 7.32. The van der Waals surface area contributed by atoms with Gasteiger partial charge in [0.1, 0.15) is 23.3 Å². The number of rotatable bonds is 10. The van der Waals surface area contributed by atoms with Gasteiger partial charge in [0, 0.05) is 18.3 Å². The van der Waals surface area contributed by atoms with Gasteiger partial charge in [0.05, 0.1) is 26.9 Å². The van der Waals surface area contributed by atoms with E-state index in [1.165, 1.54) is 10.8 Å². The lowest BCUT2D eigenvalue weighted by Crippen LogP contribution is -2.36. The van der Waals surface area contributed by atoms with Crippen molar-refractivity contribution in [2.45, 2.75) is 37.3 Å². The van der Waals surface area contributed by atoms with Gasteiger partial charge < -0.3 is 24.7 Å². The molecule has 2 atom stereocenters. The molecule has 9 heteroatoms. The number of nitrogens with zero attached hydrogens (tertiary/aromatic N) is 1. The molecule has 5 rings (SSSR count). The van der Waals surface area contributed by atoms with Gasteiger partial charge in [-0.25, -0.2) is 4.79 Å². The predicted molar refractivity (Wildman–Crippen MR) is 151 cm³/mol. The first-order valence-electron chi connectivity index (χ1n) is 13.2. The zero-order chi connectivity index (χ0) is 28.1. The van der Waals surface area contributed by atoms with Gasteiger partial charge in [-0.3, -0.25) is 14.3 Å². The summed E-state index contributed by atoms with van der Waals surface area (Å²) in [6, 6.07) is 25.7. The van der Waals surface area contributed by atoms with Crippen molar-refractivity contribution < 1.29 is 18.9 Å². The summed E-state index contributed by atoms with van der Waals surface area (Å²) in [5.41, 5.74) is 6.82. The van der Waals surface area contributed by atoms with Crippen LogP contribution in [0.15, 0.2) is 94.6 Å². The number of nitrogens with one attached hydrogen (secondary N) is 1. The number of hydrogen-bond acceptors (Lipinski definition) is 7. The molecular weight excluding hydrogens is 510 g/mol. The number of benzene rings is 3. The minimum atomic E-state index is -0.969. The van der Waals surface area contributed by atoms with Gasteiger partial charge >= 0.3 is 5.69 Å². The van der Waals surface area contributed by atoms with E-state index in [2.05, 4.69) is 4.98 Å². The Hall–Kier alpha value is -4.18. The lowest BCUT2D eigenvalue weighted by molar-refractivity contribution is -0.0774. The van der Waals surface area contributed by atoms with Crippen LogP contribution in [0.25, 0.3) is 0 Å². The van der Waals surface area contributed by atoms with Crippen LogP contribution in [-0.2, 0) is 21.6 Å². The standard InChI is InChI=1S/C31H33N3O6/c1-37-25-12-8-23(9-13-25)31(22-6-4-3-5-7-22,24-10-14-26(38-2)15-11-24)39-20-27-16-17-28(40-27)34-19-21(18-32)29(35)33-30(34)36/h3-15,19,27-28H,16-18,20,32H2,1-2H3,(H,33,35,36)/t27-,28+/m0/s1. The van der Waals surface area contributed by atoms with E-state index in [4.69, 9.17) is 24.7 Å². The van der Waals surface area contributed by atoms with Crippen LogP contribution in [0.5, 0.6) is 11.5 Å². The SMILES string of the molecule is COc1ccc(C(OC[C@@H]2CC[C@H](n3cc(CN)c(=O)[nH]c3=O)O2)(c2ccccc2)c2ccc(OC)cc2)cc1. The van der Waals surface area contributed by atoms with Crippen molar-refractivity contribution in [1.82, 2.24) is 9.55 Å². The average Bonchev–Trinajstić information content (AvgIpc) is 3.47. The maximum absolute atomic E-state index is 12.5. The first kappa shape index (κ1) is 27.4. The molecule has 0 bridgehead atoms. The largest absolute Gasteiger partial charge is 0.497 e. The molecule has 1 fully saturated rings. The maximum Gasteiger partial charge on any atom is 0.330 e. The Kier molecular flexibility index (Phi) is 8.16. The minimum absolute atomic E-state index is 0.0260. The van der Waals surface area contributed by atoms with Gasteiger partial charge in [0.25, 0.3) is 5.56 Å². The fraction of sp³-hybridized carbons (Fsp3) is 0.290. The maximum atomic E-state index is 12.5. The van der Waals surface area contributed by atoms with Crippen molar-refractivity contribution in [3.05, 3.63) is 128 Å². The molecule has 1 saturated heterocycles. The molecule has 0 aliphatic carbocycles. The van der Waals surface area contributed by atoms with Crippen LogP contribution in [0.2, 0.25) is 0 Å². The topological polar surface area (TPSA) is 118 Å². The molecule has 0 radical (unpaired) electrons. The summed E-state index contributed by atoms with van der Waals surface area (Å²) in [6.07, 6.45) is 1.93. The smallest absolute Gasteiger partial charge is 0.330 e. The Labute approximate surface area is 232 Å². The number of nitrogens with two attached hydrogens (primary N) is 1. The fourth-order valence-corrected chi connectivity index (χ4v) is 5.19. The Morgan fingerprint density at radius 1 is 0.875 bits per heavy atom. The lowest BCUT2D eigenvalue weighted by atomic mass is 9.80. The predicted octanol–water partition coefficient (Wildman–Crippen LogP) is 3.70. The van der Waals surface area contributed by atoms with E-state index >= 15 is 0 Å². The molecule has 0 amide bonds. The molecule has 1 aliphatic rings. The molecule has 3 N–H and O–H groups in total. The van der Waals surface area contributed by atoms with Crippen molar-refractivity contribution in [3.63, 3.8) is 0 Å². The summed E-state index contributed by atoms with van der Waals surface area (Å²) in [6.45, 7) is 0.281. The summed E-state index contributed by atoms with van der Waals surface area (Å²) < 4.78 is 25.4. The molecular formula is C31H33N3O6. The van der Waals surface area contributed by atoms with Gasteiger partial charge in [-0.15, -0.1) is 0 Å². The highest BCUT2D eigenvalue weighted by molar-refractivity contribution is 5.49. The number of aromatic amines is 1. The number of hydrogen-bond donors (Lipinski definition) is 2. The lowest BCUT2D eigenvalue weighted by Gasteiger charge is -2.37. The molecule has 3 aromatic carbocycles. The molecule has 2 heterocycles. The van der Waals surface area contributed by atoms with Gasteiger partial charge in [-0.2, -0.15) is 0 Å². The van der Waals surface area contributed by atoms with E-state index in [0.29, 0.717) is 18.4 Å². The summed E-state index contributed by atoms with van der Waals surface area (Å²) in [5.74, 6) is 1.48. The first-order chi connectivity index (χ1) is 19.5. The minimum Gasteiger partial charge on any atom is -0.497 e. The van der Waals surface area contributed by atoms with Gasteiger partial charge in [0.2, 0.25) is 0 Å². The second-order valence-electron chi connectivity index (χ2n) is 9.63. The summed E-state index contributed by atoms with van der Waals surface area (Å²) >= 11 is 0. The van der Waals surface area contributed by atoms with Crippen molar-refractivity contribution in [1.29, 1.82) is 0 Å². The van der Waals surface area contributed by atoms with E-state index in [-0.39, 0.29) is 19.3 Å². The van der Waals surface area contributed by atoms with E-state index in [1.54, 1.807) is 14.2 Å². The molecule has 9 nitrogen and oxygen atoms in total. The Bertz CT molecular complexity index is 1480. The Balaban J connectivity index is 1.50. The number of aromatic nitrogens is 2. The fourth-order valence-electron chi connectivity index (χ4n) is 5.19. The summed E-state index contributed by atoms with van der Waals surface area (Å²) in [5, 5.41) is 0. The van der Waals surface area contributed by atoms with Crippen molar-refractivity contribution in [3.8, 4) is 11.5 Å². The van der Waals surface area contributed by atoms with Crippen LogP contribution >= 0.6 is 0 Å². The molecule has 208 valence electrons. The van der Waals surface area contributed by atoms with Crippen LogP contribution in [0.3, 0.4) is 0 Å². The third-order valence-electron chi connectivity index (χ3n) is 7.32. The normalized spacial score (nSPS) is 17.1. The molecule has 4 aromatic rings. The van der Waals surface area contributed by atoms with Gasteiger partial charge in [-0.1, -0.05) is 54.6 Å². The van der Waals surface area contributed by atoms with Crippen molar-refractivity contribution >= 4 is 0 Å². The molecule has 0 saturated carbocycles. The number of H-pyrrole nitrogens is 1. The quantitative estimate of drug-likeness (QED) is 0.293. The van der Waals surface area contributed by atoms with Crippen LogP contribution in [-0.4, -0.2) is 36.5 Å². The highest BCUT2D eigenvalue weighted by Crippen LogP contribution is 2.42. The second-order valence-corrected chi connectivity index (χ2v) is 9.63. The van der Waals surface area contributed by atoms with Crippen molar-refractivity contribution in [2.24, 2.45) is 5.73 Å². The van der Waals surface area contributed by atoms with Crippen molar-refractivity contribution in [2.75, 3.05) is 20.8 Å². The van der Waals surface area contributed by atoms with Crippen LogP contribution < -0.4 is 26.5 Å². The molecule has 1 aliphatic heterocycles. The highest BCUT2D eigenvalue weighted by atomic mass is 16.6. The molecule has 0 unspecified atom stereocenters. The van der Waals surface area contributed by atoms with E-state index in [1.807, 2.05) is 78.9 Å². The van der Waals surface area contributed by atoms with Crippen LogP contribution in [0, 0.1) is 0 Å². The molecule has 0 spiro atoms. The Morgan fingerprint density at radius 3 is 2.00 bits per heavy atom. The molecule has 40 heavy (non-hydrogen) atoms. The van der Waals surface area contributed by atoms with Gasteiger partial charge in [-0.05, 0) is 53.8 Å². The molecule has 1 aromatic heterocycles. The van der Waals surface area contributed by atoms with Gasteiger partial charge in [0.15, 0.2) is 0 Å². The number of methoxy groups -OCH3 is 2. The van der Waals surface area contributed by atoms with Crippen LogP contribution in [0.4, 0.5) is 0 Å². The first-order valence-corrected chi connectivity index (χ1v) is 13.2. The summed E-state index contributed by atoms with van der Waals surface area (Å²) in [7, 11) is 3.27. The third kappa shape index (κ3) is 5.31. The average molecular weight is 544 g/mol. The van der Waals surface area contributed by atoms with E-state index < -0.39 is 23.1 Å². The number of ether oxygens (including phenoxy) is 4.